The smallest absolute Gasteiger partial charge is 0.422 e. The number of pyridine rings is 2. The van der Waals surface area contributed by atoms with Crippen LogP contribution in [0.2, 0.25) is 5.02 Å². The second-order valence-electron chi connectivity index (χ2n) is 8.73. The zero-order valence-corrected chi connectivity index (χ0v) is 23.7. The van der Waals surface area contributed by atoms with E-state index in [1.54, 1.807) is 30.3 Å². The summed E-state index contributed by atoms with van der Waals surface area (Å²) < 4.78 is 80.7. The highest BCUT2D eigenvalue weighted by Crippen LogP contribution is 2.31. The zero-order chi connectivity index (χ0) is 30.8. The molecule has 4 aromatic heterocycles. The maximum Gasteiger partial charge on any atom is 0.422 e. The molecule has 0 saturated heterocycles. The number of alkyl halides is 3. The van der Waals surface area contributed by atoms with E-state index in [0.717, 1.165) is 18.5 Å². The molecule has 1 aromatic carbocycles. The normalized spacial score (nSPS) is 12.4. The molecule has 12 nitrogen and oxygen atoms in total. The maximum absolute atomic E-state index is 13.2. The van der Waals surface area contributed by atoms with Crippen LogP contribution in [0.5, 0.6) is 5.88 Å². The minimum absolute atomic E-state index is 0.0259. The third kappa shape index (κ3) is 6.81. The molecule has 4 heterocycles. The molecule has 0 unspecified atom stereocenters. The van der Waals surface area contributed by atoms with Crippen LogP contribution < -0.4 is 4.74 Å². The summed E-state index contributed by atoms with van der Waals surface area (Å²) in [6, 6.07) is 12.4. The number of aromatic nitrogens is 7. The van der Waals surface area contributed by atoms with Gasteiger partial charge in [0.1, 0.15) is 5.69 Å². The average Bonchev–Trinajstić information content (AvgIpc) is 3.63. The molecule has 0 radical (unpaired) electrons. The molecule has 5 aromatic rings. The van der Waals surface area contributed by atoms with Gasteiger partial charge in [-0.15, -0.1) is 20.4 Å². The predicted octanol–water partition coefficient (Wildman–Crippen LogP) is 4.92. The third-order valence-corrected chi connectivity index (χ3v) is 7.07. The highest BCUT2D eigenvalue weighted by Gasteiger charge is 2.30. The molecule has 0 aliphatic rings. The average molecular weight is 634 g/mol. The number of ether oxygens (including phenoxy) is 2. The molecule has 0 N–H and O–H groups in total. The van der Waals surface area contributed by atoms with Crippen LogP contribution >= 0.6 is 11.6 Å². The van der Waals surface area contributed by atoms with Crippen molar-refractivity contribution in [3.63, 3.8) is 0 Å². The van der Waals surface area contributed by atoms with Gasteiger partial charge in [-0.2, -0.15) is 13.2 Å². The summed E-state index contributed by atoms with van der Waals surface area (Å²) in [6.45, 7) is -1.68. The predicted molar refractivity (Wildman–Crippen MR) is 147 cm³/mol. The number of sulfone groups is 1. The van der Waals surface area contributed by atoms with E-state index >= 15 is 0 Å². The van der Waals surface area contributed by atoms with Crippen molar-refractivity contribution in [2.45, 2.75) is 11.1 Å². The second-order valence-corrected chi connectivity index (χ2v) is 11.2. The molecule has 0 atom stereocenters. The van der Waals surface area contributed by atoms with Crippen LogP contribution in [0.1, 0.15) is 11.7 Å². The quantitative estimate of drug-likeness (QED) is 0.204. The molecule has 222 valence electrons. The van der Waals surface area contributed by atoms with E-state index in [4.69, 9.17) is 25.5 Å². The molecule has 0 fully saturated rings. The van der Waals surface area contributed by atoms with Crippen molar-refractivity contribution in [3.05, 3.63) is 77.7 Å². The number of rotatable bonds is 9. The fourth-order valence-corrected chi connectivity index (χ4v) is 4.47. The van der Waals surface area contributed by atoms with E-state index in [2.05, 4.69) is 30.4 Å². The molecule has 0 amide bonds. The van der Waals surface area contributed by atoms with Crippen LogP contribution in [0.3, 0.4) is 0 Å². The third-order valence-electron chi connectivity index (χ3n) is 5.65. The summed E-state index contributed by atoms with van der Waals surface area (Å²) >= 11 is 6.47. The molecule has 0 bridgehead atoms. The summed E-state index contributed by atoms with van der Waals surface area (Å²) in [7, 11) is -2.12. The largest absolute Gasteiger partial charge is 0.481 e. The van der Waals surface area contributed by atoms with Crippen molar-refractivity contribution in [1.82, 2.24) is 34.9 Å². The highest BCUT2D eigenvalue weighted by atomic mass is 35.5. The molecule has 0 aliphatic heterocycles. The number of hydrogen-bond donors (Lipinski definition) is 0. The van der Waals surface area contributed by atoms with Gasteiger partial charge in [-0.25, -0.2) is 13.4 Å². The van der Waals surface area contributed by atoms with Crippen molar-refractivity contribution in [2.24, 2.45) is 0 Å². The molecule has 43 heavy (non-hydrogen) atoms. The second kappa shape index (κ2) is 11.8. The van der Waals surface area contributed by atoms with Crippen LogP contribution in [0.25, 0.3) is 40.5 Å². The minimum Gasteiger partial charge on any atom is -0.481 e. The fourth-order valence-electron chi connectivity index (χ4n) is 3.69. The molecular formula is C26H19ClF3N7O5S. The first-order valence-electron chi connectivity index (χ1n) is 12.1. The van der Waals surface area contributed by atoms with Crippen molar-refractivity contribution >= 4 is 33.3 Å². The fraction of sp³-hybridized carbons (Fsp3) is 0.154. The Labute approximate surface area is 246 Å². The molecular weight excluding hydrogens is 615 g/mol. The Morgan fingerprint density at radius 3 is 2.53 bits per heavy atom. The lowest BCUT2D eigenvalue weighted by Gasteiger charge is -2.12. The van der Waals surface area contributed by atoms with E-state index in [-0.39, 0.29) is 44.9 Å². The van der Waals surface area contributed by atoms with Crippen LogP contribution in [0.15, 0.2) is 70.2 Å². The van der Waals surface area contributed by atoms with E-state index in [9.17, 15) is 21.6 Å². The van der Waals surface area contributed by atoms with Gasteiger partial charge in [0, 0.05) is 36.4 Å². The Morgan fingerprint density at radius 1 is 1.07 bits per heavy atom. The van der Waals surface area contributed by atoms with Gasteiger partial charge in [0.2, 0.25) is 11.8 Å². The van der Waals surface area contributed by atoms with Gasteiger partial charge in [-0.05, 0) is 30.3 Å². The van der Waals surface area contributed by atoms with Gasteiger partial charge in [-0.1, -0.05) is 23.7 Å². The lowest BCUT2D eigenvalue weighted by Crippen LogP contribution is -2.16. The van der Waals surface area contributed by atoms with Crippen LogP contribution in [-0.4, -0.2) is 69.5 Å². The lowest BCUT2D eigenvalue weighted by atomic mass is 10.2. The SMILES string of the molecule is COc1cc(-c2nnc(/C(=C/c3nnc(-c4ccc(S(C)(=O)=O)cn4)n3-c3ccccc3Cl)OCC(F)(F)F)o2)ccn1. The van der Waals surface area contributed by atoms with Crippen molar-refractivity contribution in [2.75, 3.05) is 20.0 Å². The summed E-state index contributed by atoms with van der Waals surface area (Å²) in [6.07, 6.45) is 0.0420. The number of halogens is 4. The summed E-state index contributed by atoms with van der Waals surface area (Å²) in [5.41, 5.74) is 0.935. The zero-order valence-electron chi connectivity index (χ0n) is 22.1. The molecule has 0 aliphatic carbocycles. The Hall–Kier alpha value is -4.83. The Morgan fingerprint density at radius 2 is 1.86 bits per heavy atom. The van der Waals surface area contributed by atoms with E-state index in [1.165, 1.54) is 36.1 Å². The van der Waals surface area contributed by atoms with Crippen LogP contribution in [0, 0.1) is 0 Å². The lowest BCUT2D eigenvalue weighted by molar-refractivity contribution is -0.158. The minimum atomic E-state index is -4.70. The molecule has 5 rings (SSSR count). The van der Waals surface area contributed by atoms with E-state index in [1.807, 2.05) is 0 Å². The Balaban J connectivity index is 1.64. The maximum atomic E-state index is 13.2. The van der Waals surface area contributed by atoms with E-state index < -0.39 is 28.4 Å². The molecule has 0 saturated carbocycles. The number of methoxy groups -OCH3 is 1. The van der Waals surface area contributed by atoms with Crippen molar-refractivity contribution < 1.29 is 35.5 Å². The molecule has 0 spiro atoms. The van der Waals surface area contributed by atoms with E-state index in [0.29, 0.717) is 11.3 Å². The summed E-state index contributed by atoms with van der Waals surface area (Å²) in [5, 5.41) is 16.3. The first kappa shape index (κ1) is 29.7. The first-order valence-corrected chi connectivity index (χ1v) is 14.3. The Bertz CT molecular complexity index is 1910. The van der Waals surface area contributed by atoms with Gasteiger partial charge in [0.15, 0.2) is 33.9 Å². The summed E-state index contributed by atoms with van der Waals surface area (Å²) in [5.74, 6) is -0.588. The van der Waals surface area contributed by atoms with Crippen LogP contribution in [0.4, 0.5) is 13.2 Å². The van der Waals surface area contributed by atoms with Crippen molar-refractivity contribution in [3.8, 4) is 34.5 Å². The van der Waals surface area contributed by atoms with Gasteiger partial charge in [-0.3, -0.25) is 9.55 Å². The number of nitrogens with zero attached hydrogens (tertiary/aromatic N) is 7. The number of para-hydroxylation sites is 1. The van der Waals surface area contributed by atoms with Gasteiger partial charge >= 0.3 is 6.18 Å². The van der Waals surface area contributed by atoms with Gasteiger partial charge in [0.05, 0.1) is 22.7 Å². The number of benzene rings is 1. The standard InChI is InChI=1S/C26H19ClF3N7O5S/c1-40-22-11-15(9-10-31-22)24-35-36-25(42-24)20(41-14-26(28,29)30)12-21-33-34-23(37(21)19-6-4-3-5-17(19)27)18-8-7-16(13-32-18)43(2,38)39/h3-13H,14H2,1-2H3/b20-12-. The van der Waals surface area contributed by atoms with Gasteiger partial charge in [0.25, 0.3) is 5.89 Å². The summed E-state index contributed by atoms with van der Waals surface area (Å²) in [4.78, 5) is 8.16. The monoisotopic (exact) mass is 633 g/mol. The van der Waals surface area contributed by atoms with Gasteiger partial charge < -0.3 is 13.9 Å². The van der Waals surface area contributed by atoms with Crippen LogP contribution in [-0.2, 0) is 14.6 Å². The first-order chi connectivity index (χ1) is 20.4. The highest BCUT2D eigenvalue weighted by molar-refractivity contribution is 7.90. The number of hydrogen-bond acceptors (Lipinski definition) is 11. The van der Waals surface area contributed by atoms with Crippen molar-refractivity contribution in [1.29, 1.82) is 0 Å². The Kier molecular flexibility index (Phi) is 8.14. The molecule has 17 heteroatoms. The topological polar surface area (TPSA) is 148 Å².